The number of hydrogen-bond donors (Lipinski definition) is 1. The lowest BCUT2D eigenvalue weighted by Gasteiger charge is -2.36. The summed E-state index contributed by atoms with van der Waals surface area (Å²) in [7, 11) is 0. The maximum atomic E-state index is 13.9. The predicted octanol–water partition coefficient (Wildman–Crippen LogP) is 3.17. The number of piperazine rings is 1. The molecule has 0 unspecified atom stereocenters. The molecule has 0 aromatic heterocycles. The molecule has 0 radical (unpaired) electrons. The van der Waals surface area contributed by atoms with E-state index in [1.165, 1.54) is 6.07 Å². The van der Waals surface area contributed by atoms with Gasteiger partial charge in [-0.2, -0.15) is 0 Å². The fourth-order valence-electron chi connectivity index (χ4n) is 3.46. The summed E-state index contributed by atoms with van der Waals surface area (Å²) < 4.78 is 19.4. The summed E-state index contributed by atoms with van der Waals surface area (Å²) in [4.78, 5) is 16.8. The molecule has 1 aliphatic heterocycles. The molecule has 5 nitrogen and oxygen atoms in total. The van der Waals surface area contributed by atoms with Crippen molar-refractivity contribution in [3.05, 3.63) is 59.9 Å². The summed E-state index contributed by atoms with van der Waals surface area (Å²) in [5.74, 6) is 0.353. The molecule has 0 spiro atoms. The van der Waals surface area contributed by atoms with Crippen LogP contribution in [-0.2, 0) is 0 Å². The minimum atomic E-state index is -0.161. The van der Waals surface area contributed by atoms with Crippen LogP contribution in [0.15, 0.2) is 48.5 Å². The van der Waals surface area contributed by atoms with E-state index in [4.69, 9.17) is 4.74 Å². The second-order valence-corrected chi connectivity index (χ2v) is 6.82. The lowest BCUT2D eigenvalue weighted by Crippen LogP contribution is -2.47. The number of carbonyl (C=O) groups excluding carboxylic acids is 1. The number of amides is 1. The number of rotatable bonds is 8. The minimum absolute atomic E-state index is 0.103. The first-order valence-electron chi connectivity index (χ1n) is 9.91. The van der Waals surface area contributed by atoms with Gasteiger partial charge < -0.3 is 15.0 Å². The second kappa shape index (κ2) is 10.1. The number of halogens is 1. The molecule has 3 rings (SSSR count). The molecule has 1 amide bonds. The van der Waals surface area contributed by atoms with Crippen LogP contribution in [0.1, 0.15) is 23.7 Å². The van der Waals surface area contributed by atoms with Crippen molar-refractivity contribution in [3.8, 4) is 5.75 Å². The second-order valence-electron chi connectivity index (χ2n) is 6.82. The molecule has 0 aliphatic carbocycles. The van der Waals surface area contributed by atoms with Gasteiger partial charge in [0.1, 0.15) is 11.6 Å². The van der Waals surface area contributed by atoms with Crippen molar-refractivity contribution in [1.29, 1.82) is 0 Å². The Hall–Kier alpha value is -2.60. The summed E-state index contributed by atoms with van der Waals surface area (Å²) in [6.45, 7) is 7.39. The van der Waals surface area contributed by atoms with Gasteiger partial charge in [-0.15, -0.1) is 0 Å². The maximum Gasteiger partial charge on any atom is 0.255 e. The lowest BCUT2D eigenvalue weighted by atomic mass is 10.2. The number of benzene rings is 2. The summed E-state index contributed by atoms with van der Waals surface area (Å²) in [5, 5.41) is 2.97. The van der Waals surface area contributed by atoms with Crippen LogP contribution in [0.2, 0.25) is 0 Å². The van der Waals surface area contributed by atoms with E-state index < -0.39 is 0 Å². The number of nitrogens with one attached hydrogen (secondary N) is 1. The van der Waals surface area contributed by atoms with Crippen molar-refractivity contribution in [2.75, 3.05) is 50.8 Å². The van der Waals surface area contributed by atoms with Gasteiger partial charge in [-0.25, -0.2) is 4.39 Å². The molecule has 0 atom stereocenters. The molecule has 1 fully saturated rings. The number of carbonyl (C=O) groups is 1. The van der Waals surface area contributed by atoms with Gasteiger partial charge in [0.25, 0.3) is 5.91 Å². The first kappa shape index (κ1) is 20.1. The van der Waals surface area contributed by atoms with E-state index in [2.05, 4.69) is 15.1 Å². The Morgan fingerprint density at radius 2 is 1.79 bits per heavy atom. The number of nitrogens with zero attached hydrogens (tertiary/aromatic N) is 2. The van der Waals surface area contributed by atoms with Gasteiger partial charge in [-0.3, -0.25) is 9.69 Å². The number of hydrogen-bond acceptors (Lipinski definition) is 4. The molecular weight excluding hydrogens is 357 g/mol. The number of anilines is 1. The minimum Gasteiger partial charge on any atom is -0.493 e. The molecule has 2 aromatic carbocycles. The van der Waals surface area contributed by atoms with Crippen molar-refractivity contribution in [3.63, 3.8) is 0 Å². The topological polar surface area (TPSA) is 44.8 Å². The van der Waals surface area contributed by atoms with E-state index in [-0.39, 0.29) is 11.7 Å². The van der Waals surface area contributed by atoms with Gasteiger partial charge in [-0.1, -0.05) is 24.3 Å². The Morgan fingerprint density at radius 3 is 2.54 bits per heavy atom. The van der Waals surface area contributed by atoms with Crippen LogP contribution in [-0.4, -0.2) is 56.7 Å². The Bertz CT molecular complexity index is 776. The maximum absolute atomic E-state index is 13.9. The Balaban J connectivity index is 1.39. The molecule has 0 saturated carbocycles. The van der Waals surface area contributed by atoms with E-state index in [0.717, 1.165) is 39.1 Å². The predicted molar refractivity (Wildman–Crippen MR) is 110 cm³/mol. The Kier molecular flexibility index (Phi) is 7.25. The molecule has 1 aliphatic rings. The quantitative estimate of drug-likeness (QED) is 0.709. The third kappa shape index (κ3) is 5.23. The van der Waals surface area contributed by atoms with E-state index in [0.29, 0.717) is 30.2 Å². The van der Waals surface area contributed by atoms with Crippen molar-refractivity contribution in [2.45, 2.75) is 13.3 Å². The zero-order valence-electron chi connectivity index (χ0n) is 16.4. The van der Waals surface area contributed by atoms with Crippen LogP contribution in [0, 0.1) is 5.82 Å². The number of ether oxygens (including phenoxy) is 1. The highest BCUT2D eigenvalue weighted by Crippen LogP contribution is 2.20. The number of para-hydroxylation sites is 2. The Labute approximate surface area is 166 Å². The fraction of sp³-hybridized carbons (Fsp3) is 0.409. The summed E-state index contributed by atoms with van der Waals surface area (Å²) >= 11 is 0. The first-order chi connectivity index (χ1) is 13.7. The largest absolute Gasteiger partial charge is 0.493 e. The van der Waals surface area contributed by atoms with Crippen molar-refractivity contribution >= 4 is 11.6 Å². The normalized spacial score (nSPS) is 14.7. The van der Waals surface area contributed by atoms with Gasteiger partial charge in [0.05, 0.1) is 17.9 Å². The van der Waals surface area contributed by atoms with Crippen LogP contribution in [0.4, 0.5) is 10.1 Å². The van der Waals surface area contributed by atoms with Gasteiger partial charge in [0, 0.05) is 32.7 Å². The van der Waals surface area contributed by atoms with Gasteiger partial charge in [0.15, 0.2) is 0 Å². The molecular formula is C22H28FN3O2. The van der Waals surface area contributed by atoms with E-state index in [1.54, 1.807) is 12.1 Å². The fourth-order valence-corrected chi connectivity index (χ4v) is 3.46. The zero-order chi connectivity index (χ0) is 19.8. The summed E-state index contributed by atoms with van der Waals surface area (Å²) in [6, 6.07) is 14.2. The third-order valence-electron chi connectivity index (χ3n) is 4.93. The van der Waals surface area contributed by atoms with Crippen LogP contribution < -0.4 is 15.0 Å². The highest BCUT2D eigenvalue weighted by molar-refractivity contribution is 5.96. The standard InChI is InChI=1S/C22H28FN3O2/c1-2-28-21-11-6-3-8-18(21)22(27)24-12-7-13-25-14-16-26(17-15-25)20-10-5-4-9-19(20)23/h3-6,8-11H,2,7,12-17H2,1H3,(H,24,27). The molecule has 1 heterocycles. The van der Waals surface area contributed by atoms with Gasteiger partial charge in [-0.05, 0) is 44.2 Å². The van der Waals surface area contributed by atoms with Crippen molar-refractivity contribution in [1.82, 2.24) is 10.2 Å². The monoisotopic (exact) mass is 385 g/mol. The van der Waals surface area contributed by atoms with Gasteiger partial charge in [0.2, 0.25) is 0 Å². The molecule has 1 saturated heterocycles. The van der Waals surface area contributed by atoms with E-state index in [9.17, 15) is 9.18 Å². The lowest BCUT2D eigenvalue weighted by molar-refractivity contribution is 0.0947. The SMILES string of the molecule is CCOc1ccccc1C(=O)NCCCN1CCN(c2ccccc2F)CC1. The zero-order valence-corrected chi connectivity index (χ0v) is 16.4. The highest BCUT2D eigenvalue weighted by atomic mass is 19.1. The van der Waals surface area contributed by atoms with Gasteiger partial charge >= 0.3 is 0 Å². The summed E-state index contributed by atoms with van der Waals surface area (Å²) in [5.41, 5.74) is 1.25. The van der Waals surface area contributed by atoms with Crippen LogP contribution in [0.25, 0.3) is 0 Å². The third-order valence-corrected chi connectivity index (χ3v) is 4.93. The molecule has 0 bridgehead atoms. The molecule has 150 valence electrons. The van der Waals surface area contributed by atoms with Crippen LogP contribution in [0.3, 0.4) is 0 Å². The first-order valence-corrected chi connectivity index (χ1v) is 9.91. The molecule has 6 heteroatoms. The van der Waals surface area contributed by atoms with Crippen molar-refractivity contribution in [2.24, 2.45) is 0 Å². The highest BCUT2D eigenvalue weighted by Gasteiger charge is 2.19. The van der Waals surface area contributed by atoms with Crippen molar-refractivity contribution < 1.29 is 13.9 Å². The average molecular weight is 385 g/mol. The average Bonchev–Trinajstić information content (AvgIpc) is 2.73. The van der Waals surface area contributed by atoms with E-state index in [1.807, 2.05) is 37.3 Å². The molecule has 2 aromatic rings. The Morgan fingerprint density at radius 1 is 1.07 bits per heavy atom. The van der Waals surface area contributed by atoms with Crippen LogP contribution in [0.5, 0.6) is 5.75 Å². The molecule has 28 heavy (non-hydrogen) atoms. The molecule has 1 N–H and O–H groups in total. The smallest absolute Gasteiger partial charge is 0.255 e. The van der Waals surface area contributed by atoms with Crippen LogP contribution >= 0.6 is 0 Å². The summed E-state index contributed by atoms with van der Waals surface area (Å²) in [6.07, 6.45) is 0.877. The van der Waals surface area contributed by atoms with E-state index >= 15 is 0 Å².